The standard InChI is InChI=1S/2C21H29NO3.C20H26ClNO3.C19H24ClNO3.H2S/c1-4-5-6-7-12-18-21(19(23)13-15(2)14-20(24)25)16-10-8-9-11-17(16)22(18)3;1-4-5-6-7-11-17-13-16-10-8-9-12-18(16)22(17)19(23)14-21(2,3)15-20(24)25;1-3-4-5-6-7-17-13-15-12-16(21)8-9-18(15)22(17)19(23)10-14(2)11-20(24)25;1-2-3-4-5-7-16-13-14-12-15(20)10-11-17(14)21(16)18(22)8-6-9-19(23)24;/h8-11,15H,4-7,12-14H2,1-3H3,(H,24,25);8-10,12-13H,4-7,11,14-15H2,1-3H3,(H,24,25);8-9,12-14H,3-7,10-11H2,1-2H3,(H,24,25);10-13H,2-9H2,1H3,(H,23,24);1H2/t;;14-;;/m..0../s1. The summed E-state index contributed by atoms with van der Waals surface area (Å²) in [6.07, 6.45) is 23.2. The maximum absolute atomic E-state index is 13.0. The van der Waals surface area contributed by atoms with Crippen molar-refractivity contribution in [1.82, 2.24) is 18.3 Å². The van der Waals surface area contributed by atoms with Gasteiger partial charge in [0.1, 0.15) is 0 Å². The molecule has 8 aromatic rings. The molecule has 0 saturated carbocycles. The zero-order valence-electron chi connectivity index (χ0n) is 60.6. The third kappa shape index (κ3) is 26.8. The number of carbonyl (C=O) groups is 8. The number of aryl methyl sites for hydroxylation is 4. The van der Waals surface area contributed by atoms with E-state index in [0.29, 0.717) is 16.5 Å². The van der Waals surface area contributed by atoms with E-state index in [1.807, 2.05) is 117 Å². The number of benzene rings is 4. The quantitative estimate of drug-likeness (QED) is 0.0210. The Balaban J connectivity index is 0.000000282. The predicted molar refractivity (Wildman–Crippen MR) is 411 cm³/mol. The van der Waals surface area contributed by atoms with Gasteiger partial charge in [-0.1, -0.05) is 192 Å². The molecule has 4 aromatic carbocycles. The first-order chi connectivity index (χ1) is 47.2. The lowest BCUT2D eigenvalue weighted by molar-refractivity contribution is -0.140. The molecule has 2 atom stereocenters. The third-order valence-electron chi connectivity index (χ3n) is 18.0. The summed E-state index contributed by atoms with van der Waals surface area (Å²) in [6.45, 7) is 16.0. The number of aromatic nitrogens is 4. The molecule has 0 spiro atoms. The maximum atomic E-state index is 13.0. The van der Waals surface area contributed by atoms with E-state index in [0.717, 1.165) is 143 Å². The van der Waals surface area contributed by atoms with E-state index in [-0.39, 0.29) is 100 Å². The van der Waals surface area contributed by atoms with Crippen molar-refractivity contribution in [3.05, 3.63) is 142 Å². The Hall–Kier alpha value is -7.47. The van der Waals surface area contributed by atoms with Crippen molar-refractivity contribution in [2.75, 3.05) is 0 Å². The van der Waals surface area contributed by atoms with Crippen molar-refractivity contribution >= 4 is 128 Å². The van der Waals surface area contributed by atoms with Crippen LogP contribution < -0.4 is 0 Å². The van der Waals surface area contributed by atoms with Crippen molar-refractivity contribution in [1.29, 1.82) is 0 Å². The fraction of sp³-hybridized carbons (Fsp3) is 0.506. The molecule has 0 aliphatic rings. The number of carboxylic acid groups (broad SMARTS) is 4. The Morgan fingerprint density at radius 2 is 0.840 bits per heavy atom. The molecule has 546 valence electrons. The second-order valence-corrected chi connectivity index (χ2v) is 28.5. The van der Waals surface area contributed by atoms with Gasteiger partial charge in [0.15, 0.2) is 5.78 Å². The minimum Gasteiger partial charge on any atom is -0.481 e. The molecule has 1 unspecified atom stereocenters. The first kappa shape index (κ1) is 84.9. The molecule has 0 aliphatic heterocycles. The highest BCUT2D eigenvalue weighted by Crippen LogP contribution is 2.33. The summed E-state index contributed by atoms with van der Waals surface area (Å²) in [5.41, 5.74) is 8.03. The highest BCUT2D eigenvalue weighted by molar-refractivity contribution is 7.59. The van der Waals surface area contributed by atoms with Crippen molar-refractivity contribution in [3.8, 4) is 0 Å². The van der Waals surface area contributed by atoms with Gasteiger partial charge in [0, 0.05) is 117 Å². The second-order valence-electron chi connectivity index (χ2n) is 27.6. The number of hydrogen-bond donors (Lipinski definition) is 4. The Morgan fingerprint density at radius 1 is 0.420 bits per heavy atom. The monoisotopic (exact) mass is 1430 g/mol. The number of carbonyl (C=O) groups excluding carboxylic acids is 4. The van der Waals surface area contributed by atoms with Crippen LogP contribution in [0.1, 0.15) is 263 Å². The molecule has 0 saturated heterocycles. The van der Waals surface area contributed by atoms with Gasteiger partial charge in [-0.05, 0) is 142 Å². The highest BCUT2D eigenvalue weighted by Gasteiger charge is 2.29. The van der Waals surface area contributed by atoms with Crippen LogP contribution in [0.2, 0.25) is 10.0 Å². The van der Waals surface area contributed by atoms with Gasteiger partial charge in [-0.15, -0.1) is 0 Å². The van der Waals surface area contributed by atoms with E-state index in [1.165, 1.54) is 57.8 Å². The Morgan fingerprint density at radius 3 is 1.31 bits per heavy atom. The van der Waals surface area contributed by atoms with E-state index in [1.54, 1.807) is 28.2 Å². The molecule has 0 aliphatic carbocycles. The maximum Gasteiger partial charge on any atom is 0.303 e. The lowest BCUT2D eigenvalue weighted by Crippen LogP contribution is -2.25. The van der Waals surface area contributed by atoms with Crippen molar-refractivity contribution < 1.29 is 58.8 Å². The number of halogens is 2. The van der Waals surface area contributed by atoms with Gasteiger partial charge in [-0.25, -0.2) is 0 Å². The summed E-state index contributed by atoms with van der Waals surface area (Å²) in [5, 5.41) is 40.9. The minimum absolute atomic E-state index is 0. The van der Waals surface area contributed by atoms with Gasteiger partial charge in [0.05, 0.1) is 23.0 Å². The summed E-state index contributed by atoms with van der Waals surface area (Å²) in [4.78, 5) is 94.9. The molecule has 0 amide bonds. The van der Waals surface area contributed by atoms with E-state index >= 15 is 0 Å². The van der Waals surface area contributed by atoms with Crippen molar-refractivity contribution in [2.45, 2.75) is 242 Å². The van der Waals surface area contributed by atoms with Gasteiger partial charge < -0.3 is 25.0 Å². The molecular weight excluding hydrogens is 1320 g/mol. The first-order valence-corrected chi connectivity index (χ1v) is 36.7. The number of rotatable bonds is 37. The van der Waals surface area contributed by atoms with E-state index in [9.17, 15) is 38.4 Å². The number of ketones is 1. The number of hydrogen-bond acceptors (Lipinski definition) is 8. The molecule has 0 bridgehead atoms. The SMILES string of the molecule is CCCCCCc1c(C(=O)CC(C)CC(=O)O)c2ccccc2n1C.CCCCCCc1cc2cc(Cl)ccc2n1C(=O)CCCC(=O)O.CCCCCCc1cc2cc(Cl)ccc2n1C(=O)C[C@H](C)CC(=O)O.CCCCCCc1cc2ccccc2n1C(=O)CC(C)(C)CC(=O)O.S. The summed E-state index contributed by atoms with van der Waals surface area (Å²) in [6, 6.07) is 33.1. The zero-order valence-corrected chi connectivity index (χ0v) is 63.1. The molecule has 8 rings (SSSR count). The summed E-state index contributed by atoms with van der Waals surface area (Å²) in [7, 11) is 2.02. The molecule has 0 fully saturated rings. The Labute approximate surface area is 608 Å². The number of para-hydroxylation sites is 2. The van der Waals surface area contributed by atoms with Crippen LogP contribution in [0.15, 0.2) is 103 Å². The predicted octanol–water partition coefficient (Wildman–Crippen LogP) is 21.3. The Bertz CT molecular complexity index is 3990. The first-order valence-electron chi connectivity index (χ1n) is 36.0. The molecule has 4 heterocycles. The van der Waals surface area contributed by atoms with Crippen LogP contribution in [0.3, 0.4) is 0 Å². The molecular formula is C81H110Cl2N4O12S. The highest BCUT2D eigenvalue weighted by atomic mass is 35.5. The van der Waals surface area contributed by atoms with Crippen molar-refractivity contribution in [2.24, 2.45) is 24.3 Å². The van der Waals surface area contributed by atoms with E-state index in [2.05, 4.69) is 38.3 Å². The van der Waals surface area contributed by atoms with Crippen LogP contribution in [-0.2, 0) is 51.9 Å². The van der Waals surface area contributed by atoms with Crippen LogP contribution >= 0.6 is 36.7 Å². The number of aliphatic carboxylic acids is 4. The summed E-state index contributed by atoms with van der Waals surface area (Å²) >= 11 is 12.2. The normalized spacial score (nSPS) is 11.8. The van der Waals surface area contributed by atoms with Gasteiger partial charge in [0.2, 0.25) is 17.7 Å². The topological polar surface area (TPSA) is 237 Å². The second kappa shape index (κ2) is 43.4. The number of carboxylic acids is 4. The lowest BCUT2D eigenvalue weighted by Gasteiger charge is -2.22. The smallest absolute Gasteiger partial charge is 0.303 e. The van der Waals surface area contributed by atoms with Gasteiger partial charge in [-0.3, -0.25) is 52.1 Å². The van der Waals surface area contributed by atoms with Gasteiger partial charge >= 0.3 is 23.9 Å². The van der Waals surface area contributed by atoms with E-state index < -0.39 is 29.3 Å². The van der Waals surface area contributed by atoms with Crippen molar-refractivity contribution in [3.63, 3.8) is 0 Å². The zero-order chi connectivity index (χ0) is 72.8. The number of fused-ring (bicyclic) bond motifs is 4. The van der Waals surface area contributed by atoms with Crippen LogP contribution in [0.25, 0.3) is 43.6 Å². The van der Waals surface area contributed by atoms with Gasteiger partial charge in [-0.2, -0.15) is 13.5 Å². The molecule has 4 N–H and O–H groups in total. The third-order valence-corrected chi connectivity index (χ3v) is 18.5. The average molecular weight is 1430 g/mol. The largest absolute Gasteiger partial charge is 0.481 e. The molecule has 19 heteroatoms. The van der Waals surface area contributed by atoms with Crippen LogP contribution in [0.4, 0.5) is 0 Å². The summed E-state index contributed by atoms with van der Waals surface area (Å²) in [5.74, 6) is -3.84. The summed E-state index contributed by atoms with van der Waals surface area (Å²) < 4.78 is 7.46. The fourth-order valence-corrected chi connectivity index (χ4v) is 13.5. The van der Waals surface area contributed by atoms with Crippen LogP contribution in [-0.4, -0.2) is 86.1 Å². The number of nitrogens with zero attached hydrogens (tertiary/aromatic N) is 4. The number of unbranched alkanes of at least 4 members (excludes halogenated alkanes) is 12. The van der Waals surface area contributed by atoms with Crippen LogP contribution in [0, 0.1) is 17.3 Å². The van der Waals surface area contributed by atoms with Crippen LogP contribution in [0.5, 0.6) is 0 Å². The molecule has 100 heavy (non-hydrogen) atoms. The average Bonchev–Trinajstić information content (AvgIpc) is 1.66. The minimum atomic E-state index is -0.871. The number of Topliss-reactive ketones (excluding diaryl/α,β-unsaturated/α-hetero) is 1. The Kier molecular flexibility index (Phi) is 36.8. The molecule has 16 nitrogen and oxygen atoms in total. The van der Waals surface area contributed by atoms with E-state index in [4.69, 9.17) is 43.6 Å². The molecule has 4 aromatic heterocycles. The van der Waals surface area contributed by atoms with Gasteiger partial charge in [0.25, 0.3) is 0 Å². The molecule has 0 radical (unpaired) electrons. The lowest BCUT2D eigenvalue weighted by atomic mass is 9.85. The fourth-order valence-electron chi connectivity index (χ4n) is 13.1.